The molecule has 166 valence electrons. The molecule has 2 aromatic rings. The fourth-order valence-corrected chi connectivity index (χ4v) is 5.69. The number of nitrogens with one attached hydrogen (secondary N) is 1. The van der Waals surface area contributed by atoms with Crippen LogP contribution in [0, 0.1) is 11.8 Å². The third-order valence-corrected chi connectivity index (χ3v) is 7.44. The van der Waals surface area contributed by atoms with Crippen LogP contribution in [-0.4, -0.2) is 65.1 Å². The number of nitrogens with zero attached hydrogens (tertiary/aromatic N) is 3. The standard InChI is InChI=1S/C25H34N4O2/c30-23(16-19-4-2-1-3-5-19)28-11-6-21(7-12-28)25-24-22(26-18-27-24)8-13-29(25)17-20-9-14-31-15-10-20/h1-5,18,20-21,25H,6-17H2,(H,26,27). The summed E-state index contributed by atoms with van der Waals surface area (Å²) in [5.74, 6) is 1.54. The number of likely N-dealkylation sites (tertiary alicyclic amines) is 1. The Hall–Kier alpha value is -2.18. The SMILES string of the molecule is O=C(Cc1ccccc1)N1CCC(C2c3nc[nH]c3CCN2CC2CCOCC2)CC1. The van der Waals surface area contributed by atoms with Crippen molar-refractivity contribution in [3.63, 3.8) is 0 Å². The molecule has 5 rings (SSSR count). The number of aromatic nitrogens is 2. The van der Waals surface area contributed by atoms with Gasteiger partial charge in [0, 0.05) is 51.5 Å². The normalized spacial score (nSPS) is 23.6. The quantitative estimate of drug-likeness (QED) is 0.804. The highest BCUT2D eigenvalue weighted by molar-refractivity contribution is 5.78. The molecule has 6 heteroatoms. The molecule has 0 aliphatic carbocycles. The maximum Gasteiger partial charge on any atom is 0.226 e. The van der Waals surface area contributed by atoms with E-state index in [1.165, 1.54) is 24.2 Å². The van der Waals surface area contributed by atoms with Crippen LogP contribution >= 0.6 is 0 Å². The number of imidazole rings is 1. The number of carbonyl (C=O) groups is 1. The molecule has 0 spiro atoms. The van der Waals surface area contributed by atoms with Gasteiger partial charge in [-0.15, -0.1) is 0 Å². The number of H-pyrrole nitrogens is 1. The second-order valence-corrected chi connectivity index (χ2v) is 9.39. The summed E-state index contributed by atoms with van der Waals surface area (Å²) in [6, 6.07) is 10.5. The van der Waals surface area contributed by atoms with Crippen LogP contribution in [0.3, 0.4) is 0 Å². The van der Waals surface area contributed by atoms with E-state index < -0.39 is 0 Å². The largest absolute Gasteiger partial charge is 0.381 e. The molecular weight excluding hydrogens is 388 g/mol. The lowest BCUT2D eigenvalue weighted by Crippen LogP contribution is -2.47. The molecule has 0 radical (unpaired) electrons. The van der Waals surface area contributed by atoms with Crippen molar-refractivity contribution in [2.45, 2.75) is 44.6 Å². The first kappa shape index (κ1) is 20.7. The summed E-state index contributed by atoms with van der Waals surface area (Å²) in [5.41, 5.74) is 3.67. The lowest BCUT2D eigenvalue weighted by molar-refractivity contribution is -0.132. The Balaban J connectivity index is 1.24. The molecule has 1 amide bonds. The zero-order valence-corrected chi connectivity index (χ0v) is 18.3. The van der Waals surface area contributed by atoms with E-state index in [2.05, 4.69) is 14.8 Å². The van der Waals surface area contributed by atoms with E-state index in [0.717, 1.165) is 70.1 Å². The topological polar surface area (TPSA) is 61.5 Å². The predicted octanol–water partition coefficient (Wildman–Crippen LogP) is 3.22. The van der Waals surface area contributed by atoms with Crippen molar-refractivity contribution < 1.29 is 9.53 Å². The third kappa shape index (κ3) is 4.70. The second-order valence-electron chi connectivity index (χ2n) is 9.39. The van der Waals surface area contributed by atoms with Gasteiger partial charge in [0.15, 0.2) is 0 Å². The molecule has 0 bridgehead atoms. The van der Waals surface area contributed by atoms with Crippen molar-refractivity contribution in [1.29, 1.82) is 0 Å². The Bertz CT molecular complexity index is 853. The van der Waals surface area contributed by atoms with Crippen LogP contribution < -0.4 is 0 Å². The highest BCUT2D eigenvalue weighted by atomic mass is 16.5. The zero-order valence-electron chi connectivity index (χ0n) is 18.3. The number of piperidine rings is 1. The number of carbonyl (C=O) groups excluding carboxylic acids is 1. The summed E-state index contributed by atoms with van der Waals surface area (Å²) in [5, 5.41) is 0. The summed E-state index contributed by atoms with van der Waals surface area (Å²) in [6.07, 6.45) is 7.89. The molecule has 1 aromatic carbocycles. The second kappa shape index (κ2) is 9.53. The van der Waals surface area contributed by atoms with Crippen molar-refractivity contribution in [3.8, 4) is 0 Å². The molecule has 1 aromatic heterocycles. The molecular formula is C25H34N4O2. The average molecular weight is 423 g/mol. The average Bonchev–Trinajstić information content (AvgIpc) is 3.29. The minimum Gasteiger partial charge on any atom is -0.381 e. The minimum atomic E-state index is 0.257. The first-order valence-electron chi connectivity index (χ1n) is 11.9. The van der Waals surface area contributed by atoms with Crippen LogP contribution in [0.1, 0.15) is 48.7 Å². The van der Waals surface area contributed by atoms with E-state index in [-0.39, 0.29) is 5.91 Å². The maximum absolute atomic E-state index is 12.8. The number of rotatable bonds is 5. The van der Waals surface area contributed by atoms with Crippen molar-refractivity contribution in [2.75, 3.05) is 39.4 Å². The van der Waals surface area contributed by atoms with Crippen molar-refractivity contribution in [3.05, 3.63) is 53.6 Å². The van der Waals surface area contributed by atoms with Gasteiger partial charge in [0.25, 0.3) is 0 Å². The monoisotopic (exact) mass is 422 g/mol. The lowest BCUT2D eigenvalue weighted by atomic mass is 9.83. The first-order valence-corrected chi connectivity index (χ1v) is 11.9. The van der Waals surface area contributed by atoms with Crippen molar-refractivity contribution in [1.82, 2.24) is 19.8 Å². The third-order valence-electron chi connectivity index (χ3n) is 7.44. The van der Waals surface area contributed by atoms with Gasteiger partial charge in [-0.25, -0.2) is 4.98 Å². The minimum absolute atomic E-state index is 0.257. The molecule has 4 heterocycles. The fraction of sp³-hybridized carbons (Fsp3) is 0.600. The van der Waals surface area contributed by atoms with Gasteiger partial charge in [-0.3, -0.25) is 9.69 Å². The highest BCUT2D eigenvalue weighted by Crippen LogP contribution is 2.39. The van der Waals surface area contributed by atoms with Gasteiger partial charge in [-0.05, 0) is 43.1 Å². The Morgan fingerprint density at radius 1 is 1.06 bits per heavy atom. The van der Waals surface area contributed by atoms with Crippen LogP contribution in [0.2, 0.25) is 0 Å². The van der Waals surface area contributed by atoms with Crippen LogP contribution in [0.5, 0.6) is 0 Å². The molecule has 2 fully saturated rings. The Morgan fingerprint density at radius 3 is 2.61 bits per heavy atom. The molecule has 3 aliphatic rings. The van der Waals surface area contributed by atoms with Gasteiger partial charge in [0.05, 0.1) is 24.5 Å². The molecule has 6 nitrogen and oxygen atoms in total. The van der Waals surface area contributed by atoms with Gasteiger partial charge in [0.1, 0.15) is 0 Å². The summed E-state index contributed by atoms with van der Waals surface area (Å²) < 4.78 is 5.58. The maximum atomic E-state index is 12.8. The Labute approximate surface area is 185 Å². The zero-order chi connectivity index (χ0) is 21.0. The van der Waals surface area contributed by atoms with Crippen LogP contribution in [-0.2, 0) is 22.4 Å². The van der Waals surface area contributed by atoms with E-state index >= 15 is 0 Å². The number of benzene rings is 1. The first-order chi connectivity index (χ1) is 15.3. The summed E-state index contributed by atoms with van der Waals surface area (Å²) in [7, 11) is 0. The van der Waals surface area contributed by atoms with Crippen LogP contribution in [0.15, 0.2) is 36.7 Å². The molecule has 1 atom stereocenters. The molecule has 2 saturated heterocycles. The van der Waals surface area contributed by atoms with Gasteiger partial charge < -0.3 is 14.6 Å². The van der Waals surface area contributed by atoms with E-state index in [1.807, 2.05) is 36.7 Å². The van der Waals surface area contributed by atoms with Gasteiger partial charge >= 0.3 is 0 Å². The van der Waals surface area contributed by atoms with Crippen LogP contribution in [0.4, 0.5) is 0 Å². The van der Waals surface area contributed by atoms with Crippen molar-refractivity contribution in [2.24, 2.45) is 11.8 Å². The van der Waals surface area contributed by atoms with E-state index in [0.29, 0.717) is 18.4 Å². The summed E-state index contributed by atoms with van der Waals surface area (Å²) in [6.45, 7) is 5.77. The highest BCUT2D eigenvalue weighted by Gasteiger charge is 2.38. The Morgan fingerprint density at radius 2 is 1.84 bits per heavy atom. The van der Waals surface area contributed by atoms with Crippen LogP contribution in [0.25, 0.3) is 0 Å². The Kier molecular flexibility index (Phi) is 6.37. The number of hydrogen-bond donors (Lipinski definition) is 1. The molecule has 1 N–H and O–H groups in total. The summed E-state index contributed by atoms with van der Waals surface area (Å²) in [4.78, 5) is 25.7. The lowest BCUT2D eigenvalue weighted by Gasteiger charge is -2.44. The van der Waals surface area contributed by atoms with E-state index in [9.17, 15) is 4.79 Å². The van der Waals surface area contributed by atoms with Gasteiger partial charge in [-0.1, -0.05) is 30.3 Å². The fourth-order valence-electron chi connectivity index (χ4n) is 5.69. The number of fused-ring (bicyclic) bond motifs is 1. The van der Waals surface area contributed by atoms with Gasteiger partial charge in [0.2, 0.25) is 5.91 Å². The number of ether oxygens (including phenoxy) is 1. The van der Waals surface area contributed by atoms with Gasteiger partial charge in [-0.2, -0.15) is 0 Å². The predicted molar refractivity (Wildman–Crippen MR) is 120 cm³/mol. The van der Waals surface area contributed by atoms with E-state index in [1.54, 1.807) is 0 Å². The molecule has 0 saturated carbocycles. The van der Waals surface area contributed by atoms with Crippen molar-refractivity contribution >= 4 is 5.91 Å². The smallest absolute Gasteiger partial charge is 0.226 e. The number of amides is 1. The molecule has 31 heavy (non-hydrogen) atoms. The summed E-state index contributed by atoms with van der Waals surface area (Å²) >= 11 is 0. The number of hydrogen-bond acceptors (Lipinski definition) is 4. The number of aromatic amines is 1. The van der Waals surface area contributed by atoms with E-state index in [4.69, 9.17) is 9.72 Å². The molecule has 1 unspecified atom stereocenters. The molecule has 3 aliphatic heterocycles.